The van der Waals surface area contributed by atoms with Crippen molar-refractivity contribution >= 4 is 35.5 Å². The van der Waals surface area contributed by atoms with E-state index in [0.717, 1.165) is 13.0 Å². The first-order chi connectivity index (χ1) is 14.3. The quantitative estimate of drug-likeness (QED) is 0.286. The Balaban J connectivity index is 2.08. The number of aliphatic hydroxyl groups is 1. The molecule has 170 valence electrons. The number of hydrogen-bond acceptors (Lipinski definition) is 7. The van der Waals surface area contributed by atoms with E-state index in [-0.39, 0.29) is 5.91 Å². The Kier molecular flexibility index (Phi) is 9.37. The summed E-state index contributed by atoms with van der Waals surface area (Å²) in [5.74, 6) is -1.96. The fourth-order valence-corrected chi connectivity index (χ4v) is 4.28. The number of aliphatic carboxylic acids is 1. The molecular weight excluding hydrogens is 412 g/mol. The predicted molar refractivity (Wildman–Crippen MR) is 112 cm³/mol. The molecule has 2 aliphatic heterocycles. The van der Waals surface area contributed by atoms with Crippen molar-refractivity contribution in [3.05, 3.63) is 0 Å². The Morgan fingerprint density at radius 1 is 1.20 bits per heavy atom. The summed E-state index contributed by atoms with van der Waals surface area (Å²) in [6.45, 7) is 2.44. The Morgan fingerprint density at radius 2 is 1.93 bits per heavy atom. The van der Waals surface area contributed by atoms with Gasteiger partial charge in [-0.2, -0.15) is 11.8 Å². The summed E-state index contributed by atoms with van der Waals surface area (Å²) >= 11 is 1.50. The van der Waals surface area contributed by atoms with Gasteiger partial charge >= 0.3 is 5.97 Å². The van der Waals surface area contributed by atoms with E-state index in [1.807, 2.05) is 6.26 Å². The zero-order valence-corrected chi connectivity index (χ0v) is 18.2. The average Bonchev–Trinajstić information content (AvgIpc) is 3.39. The van der Waals surface area contributed by atoms with Gasteiger partial charge < -0.3 is 31.1 Å². The maximum atomic E-state index is 13.0. The van der Waals surface area contributed by atoms with Crippen LogP contribution in [0, 0.1) is 0 Å². The highest BCUT2D eigenvalue weighted by Gasteiger charge is 2.39. The summed E-state index contributed by atoms with van der Waals surface area (Å²) in [7, 11) is 0. The van der Waals surface area contributed by atoms with Gasteiger partial charge in [-0.1, -0.05) is 0 Å². The van der Waals surface area contributed by atoms with Gasteiger partial charge in [0, 0.05) is 6.54 Å². The van der Waals surface area contributed by atoms with Crippen LogP contribution in [0.1, 0.15) is 39.0 Å². The molecule has 2 rings (SSSR count). The second-order valence-corrected chi connectivity index (χ2v) is 8.73. The highest BCUT2D eigenvalue weighted by Crippen LogP contribution is 2.20. The Labute approximate surface area is 180 Å². The number of thioether (sulfide) groups is 1. The summed E-state index contributed by atoms with van der Waals surface area (Å²) < 4.78 is 0. The van der Waals surface area contributed by atoms with Crippen LogP contribution in [0.4, 0.5) is 0 Å². The average molecular weight is 445 g/mol. The van der Waals surface area contributed by atoms with Crippen LogP contribution in [0.15, 0.2) is 0 Å². The minimum atomic E-state index is -1.21. The van der Waals surface area contributed by atoms with Gasteiger partial charge in [-0.15, -0.1) is 0 Å². The van der Waals surface area contributed by atoms with E-state index in [0.29, 0.717) is 38.0 Å². The molecule has 0 aromatic heterocycles. The summed E-state index contributed by atoms with van der Waals surface area (Å²) in [5.41, 5.74) is 0. The highest BCUT2D eigenvalue weighted by atomic mass is 32.2. The molecule has 5 N–H and O–H groups in total. The van der Waals surface area contributed by atoms with Crippen molar-refractivity contribution in [2.75, 3.05) is 25.1 Å². The largest absolute Gasteiger partial charge is 0.480 e. The fourth-order valence-electron chi connectivity index (χ4n) is 3.81. The molecule has 0 aromatic carbocycles. The number of carbonyl (C=O) groups is 4. The van der Waals surface area contributed by atoms with E-state index in [2.05, 4.69) is 16.0 Å². The van der Waals surface area contributed by atoms with Crippen LogP contribution in [0.2, 0.25) is 0 Å². The third-order valence-corrected chi connectivity index (χ3v) is 6.13. The number of amides is 3. The molecule has 2 heterocycles. The van der Waals surface area contributed by atoms with E-state index in [4.69, 9.17) is 0 Å². The minimum absolute atomic E-state index is 0.319. The number of nitrogens with zero attached hydrogens (tertiary/aromatic N) is 1. The maximum Gasteiger partial charge on any atom is 0.326 e. The first kappa shape index (κ1) is 24.4. The first-order valence-electron chi connectivity index (χ1n) is 10.3. The lowest BCUT2D eigenvalue weighted by atomic mass is 10.1. The number of rotatable bonds is 10. The molecule has 30 heavy (non-hydrogen) atoms. The van der Waals surface area contributed by atoms with E-state index in [1.54, 1.807) is 0 Å². The summed E-state index contributed by atoms with van der Waals surface area (Å²) in [4.78, 5) is 51.0. The molecule has 10 nitrogen and oxygen atoms in total. The van der Waals surface area contributed by atoms with Crippen LogP contribution in [-0.4, -0.2) is 94.2 Å². The van der Waals surface area contributed by atoms with Crippen molar-refractivity contribution in [3.63, 3.8) is 0 Å². The van der Waals surface area contributed by atoms with Gasteiger partial charge in [0.25, 0.3) is 0 Å². The monoisotopic (exact) mass is 444 g/mol. The summed E-state index contributed by atoms with van der Waals surface area (Å²) in [5, 5.41) is 27.7. The van der Waals surface area contributed by atoms with Crippen LogP contribution in [0.5, 0.6) is 0 Å². The van der Waals surface area contributed by atoms with Gasteiger partial charge in [0.15, 0.2) is 0 Å². The third kappa shape index (κ3) is 6.32. The second kappa shape index (κ2) is 11.5. The van der Waals surface area contributed by atoms with Gasteiger partial charge in [0.1, 0.15) is 18.1 Å². The lowest BCUT2D eigenvalue weighted by Crippen LogP contribution is -2.59. The number of carboxylic acids is 1. The number of nitrogens with one attached hydrogen (secondary N) is 3. The number of carboxylic acid groups (broad SMARTS) is 1. The van der Waals surface area contributed by atoms with Crippen LogP contribution >= 0.6 is 11.8 Å². The fraction of sp³-hybridized carbons (Fsp3) is 0.789. The van der Waals surface area contributed by atoms with Crippen molar-refractivity contribution in [2.24, 2.45) is 0 Å². The Morgan fingerprint density at radius 3 is 2.50 bits per heavy atom. The zero-order valence-electron chi connectivity index (χ0n) is 17.4. The van der Waals surface area contributed by atoms with Crippen molar-refractivity contribution in [1.29, 1.82) is 0 Å². The molecule has 0 aliphatic carbocycles. The van der Waals surface area contributed by atoms with Crippen LogP contribution in [-0.2, 0) is 19.2 Å². The highest BCUT2D eigenvalue weighted by molar-refractivity contribution is 7.98. The SMILES string of the molecule is CSCCC(NC(=O)C(NC(=O)C1CCCN1)C(C)O)C(=O)N1CCCC1C(=O)O. The molecule has 5 atom stereocenters. The van der Waals surface area contributed by atoms with Crippen molar-refractivity contribution in [3.8, 4) is 0 Å². The number of likely N-dealkylation sites (tertiary alicyclic amines) is 1. The molecule has 2 fully saturated rings. The molecular formula is C19H32N4O6S. The van der Waals surface area contributed by atoms with E-state index in [9.17, 15) is 29.4 Å². The van der Waals surface area contributed by atoms with Crippen LogP contribution < -0.4 is 16.0 Å². The molecule has 2 aliphatic rings. The second-order valence-electron chi connectivity index (χ2n) is 7.75. The van der Waals surface area contributed by atoms with E-state index >= 15 is 0 Å². The number of carbonyl (C=O) groups excluding carboxylic acids is 3. The zero-order chi connectivity index (χ0) is 22.3. The smallest absolute Gasteiger partial charge is 0.326 e. The molecule has 11 heteroatoms. The standard InChI is InChI=1S/C19H32N4O6S/c1-11(24)15(22-16(25)12-5-3-8-20-12)17(26)21-13(7-10-30-2)18(27)23-9-4-6-14(23)19(28)29/h11-15,20,24H,3-10H2,1-2H3,(H,21,26)(H,22,25)(H,28,29). The normalized spacial score (nSPS) is 24.2. The first-order valence-corrected chi connectivity index (χ1v) is 11.7. The van der Waals surface area contributed by atoms with E-state index in [1.165, 1.54) is 23.6 Å². The number of aliphatic hydroxyl groups excluding tert-OH is 1. The van der Waals surface area contributed by atoms with Gasteiger partial charge in [-0.25, -0.2) is 4.79 Å². The number of hydrogen-bond donors (Lipinski definition) is 5. The molecule has 0 saturated carbocycles. The molecule has 5 unspecified atom stereocenters. The summed E-state index contributed by atoms with van der Waals surface area (Å²) in [6.07, 6.45) is 3.50. The van der Waals surface area contributed by atoms with E-state index < -0.39 is 48.1 Å². The molecule has 0 radical (unpaired) electrons. The van der Waals surface area contributed by atoms with Crippen molar-refractivity contribution < 1.29 is 29.4 Å². The Bertz CT molecular complexity index is 641. The third-order valence-electron chi connectivity index (χ3n) is 5.49. The minimum Gasteiger partial charge on any atom is -0.480 e. The topological polar surface area (TPSA) is 148 Å². The van der Waals surface area contributed by atoms with Gasteiger partial charge in [-0.3, -0.25) is 14.4 Å². The molecule has 2 saturated heterocycles. The molecule has 0 aromatic rings. The molecule has 0 spiro atoms. The van der Waals surface area contributed by atoms with Crippen molar-refractivity contribution in [2.45, 2.75) is 69.3 Å². The van der Waals surface area contributed by atoms with Crippen molar-refractivity contribution in [1.82, 2.24) is 20.9 Å². The van der Waals surface area contributed by atoms with Gasteiger partial charge in [0.2, 0.25) is 17.7 Å². The van der Waals surface area contributed by atoms with Gasteiger partial charge in [-0.05, 0) is 57.6 Å². The lowest BCUT2D eigenvalue weighted by molar-refractivity contribution is -0.149. The van der Waals surface area contributed by atoms with Gasteiger partial charge in [0.05, 0.1) is 12.1 Å². The van der Waals surface area contributed by atoms with Crippen LogP contribution in [0.25, 0.3) is 0 Å². The van der Waals surface area contributed by atoms with Crippen LogP contribution in [0.3, 0.4) is 0 Å². The molecule has 0 bridgehead atoms. The molecule has 3 amide bonds. The predicted octanol–water partition coefficient (Wildman–Crippen LogP) is -1.08. The lowest BCUT2D eigenvalue weighted by Gasteiger charge is -2.29. The summed E-state index contributed by atoms with van der Waals surface area (Å²) in [6, 6.07) is -3.44. The maximum absolute atomic E-state index is 13.0. The Hall–Kier alpha value is -1.85.